The standard InChI is InChI=1S/C24H26ClN5O12S2/c1-12-10-13(2)21(40-18(31)7-5-6-16(42-30(35)36)11-39-29(33)34)14(3)20(12)26-23(32)22-17(8-9-43-22)44(37,38)28-24-19(25)15(4)27-41-24/h8-10,16,28H,5-7,11H2,1-4H3,(H,26,32). The van der Waals surface area contributed by atoms with E-state index in [4.69, 9.17) is 20.9 Å². The number of sulfonamides is 1. The minimum absolute atomic E-state index is 0.0223. The number of nitrogens with one attached hydrogen (secondary N) is 2. The average molecular weight is 676 g/mol. The van der Waals surface area contributed by atoms with Crippen molar-refractivity contribution in [3.63, 3.8) is 0 Å². The smallest absolute Gasteiger partial charge is 0.311 e. The van der Waals surface area contributed by atoms with Crippen molar-refractivity contribution in [3.8, 4) is 5.75 Å². The summed E-state index contributed by atoms with van der Waals surface area (Å²) in [5, 5.41) is 26.5. The summed E-state index contributed by atoms with van der Waals surface area (Å²) in [6.45, 7) is 5.80. The summed E-state index contributed by atoms with van der Waals surface area (Å²) in [4.78, 5) is 54.9. The van der Waals surface area contributed by atoms with E-state index in [1.165, 1.54) is 18.4 Å². The van der Waals surface area contributed by atoms with Crippen LogP contribution in [0.1, 0.15) is 51.3 Å². The third-order valence-electron chi connectivity index (χ3n) is 6.01. The molecule has 44 heavy (non-hydrogen) atoms. The largest absolute Gasteiger partial charge is 0.426 e. The fourth-order valence-corrected chi connectivity index (χ4v) is 6.52. The molecule has 0 saturated carbocycles. The predicted molar refractivity (Wildman–Crippen MR) is 154 cm³/mol. The number of esters is 1. The van der Waals surface area contributed by atoms with Gasteiger partial charge in [0.2, 0.25) is 0 Å². The minimum atomic E-state index is -4.30. The Hall–Kier alpha value is -4.49. The highest BCUT2D eigenvalue weighted by Crippen LogP contribution is 2.35. The van der Waals surface area contributed by atoms with Crippen molar-refractivity contribution in [2.75, 3.05) is 16.6 Å². The van der Waals surface area contributed by atoms with Gasteiger partial charge >= 0.3 is 5.97 Å². The van der Waals surface area contributed by atoms with Crippen molar-refractivity contribution in [1.29, 1.82) is 0 Å². The molecule has 0 saturated heterocycles. The lowest BCUT2D eigenvalue weighted by Gasteiger charge is -2.18. The first-order chi connectivity index (χ1) is 20.6. The first kappa shape index (κ1) is 34.0. The number of ether oxygens (including phenoxy) is 1. The molecule has 0 spiro atoms. The van der Waals surface area contributed by atoms with E-state index in [2.05, 4.69) is 24.9 Å². The van der Waals surface area contributed by atoms with Crippen LogP contribution in [0.5, 0.6) is 5.75 Å². The van der Waals surface area contributed by atoms with Gasteiger partial charge in [-0.3, -0.25) is 9.59 Å². The summed E-state index contributed by atoms with van der Waals surface area (Å²) in [5.74, 6) is -1.63. The van der Waals surface area contributed by atoms with Gasteiger partial charge in [-0.15, -0.1) is 31.6 Å². The lowest BCUT2D eigenvalue weighted by molar-refractivity contribution is -0.790. The van der Waals surface area contributed by atoms with Crippen LogP contribution in [-0.2, 0) is 24.5 Å². The van der Waals surface area contributed by atoms with Crippen LogP contribution in [0.15, 0.2) is 26.9 Å². The fourth-order valence-electron chi connectivity index (χ4n) is 4.03. The van der Waals surface area contributed by atoms with E-state index in [1.807, 2.05) is 0 Å². The van der Waals surface area contributed by atoms with E-state index in [-0.39, 0.29) is 57.1 Å². The minimum Gasteiger partial charge on any atom is -0.426 e. The summed E-state index contributed by atoms with van der Waals surface area (Å²) in [5.41, 5.74) is 2.08. The van der Waals surface area contributed by atoms with Crippen molar-refractivity contribution >= 4 is 56.4 Å². The third-order valence-corrected chi connectivity index (χ3v) is 8.87. The molecule has 0 fully saturated rings. The second kappa shape index (κ2) is 14.3. The molecule has 0 aliphatic heterocycles. The van der Waals surface area contributed by atoms with Crippen molar-refractivity contribution < 1.29 is 47.1 Å². The van der Waals surface area contributed by atoms with Crippen molar-refractivity contribution in [2.45, 2.75) is 58.0 Å². The lowest BCUT2D eigenvalue weighted by Crippen LogP contribution is -2.25. The molecule has 3 rings (SSSR count). The van der Waals surface area contributed by atoms with Gasteiger partial charge in [0.1, 0.15) is 38.9 Å². The van der Waals surface area contributed by atoms with Gasteiger partial charge in [0, 0.05) is 12.0 Å². The molecular formula is C24H26ClN5O12S2. The number of carbonyl (C=O) groups is 2. The maximum atomic E-state index is 13.3. The number of anilines is 2. The molecule has 1 unspecified atom stereocenters. The normalized spacial score (nSPS) is 11.8. The van der Waals surface area contributed by atoms with E-state index in [0.29, 0.717) is 16.7 Å². The van der Waals surface area contributed by atoms with Crippen LogP contribution < -0.4 is 14.8 Å². The highest BCUT2D eigenvalue weighted by Gasteiger charge is 2.28. The molecule has 0 bridgehead atoms. The first-order valence-electron chi connectivity index (χ1n) is 12.5. The van der Waals surface area contributed by atoms with Gasteiger partial charge in [-0.25, -0.2) is 13.1 Å². The zero-order valence-corrected chi connectivity index (χ0v) is 26.0. The van der Waals surface area contributed by atoms with E-state index in [0.717, 1.165) is 11.3 Å². The Morgan fingerprint density at radius 2 is 1.86 bits per heavy atom. The van der Waals surface area contributed by atoms with Gasteiger partial charge in [0.15, 0.2) is 0 Å². The predicted octanol–water partition coefficient (Wildman–Crippen LogP) is 4.54. The van der Waals surface area contributed by atoms with Crippen molar-refractivity contribution in [2.24, 2.45) is 0 Å². The van der Waals surface area contributed by atoms with Gasteiger partial charge in [-0.05, 0) is 63.1 Å². The van der Waals surface area contributed by atoms with Crippen LogP contribution >= 0.6 is 22.9 Å². The van der Waals surface area contributed by atoms with E-state index in [9.17, 15) is 38.2 Å². The molecule has 1 aromatic carbocycles. The van der Waals surface area contributed by atoms with Crippen LogP contribution in [0.3, 0.4) is 0 Å². The number of thiophene rings is 1. The number of nitrogens with zero attached hydrogens (tertiary/aromatic N) is 3. The molecule has 3 aromatic rings. The number of rotatable bonds is 15. The van der Waals surface area contributed by atoms with Crippen LogP contribution in [-0.4, -0.2) is 48.3 Å². The molecular weight excluding hydrogens is 650 g/mol. The van der Waals surface area contributed by atoms with Crippen LogP contribution in [0.25, 0.3) is 0 Å². The molecule has 0 aliphatic rings. The molecule has 2 heterocycles. The quantitative estimate of drug-likeness (QED) is 0.0976. The number of hydrogen-bond acceptors (Lipinski definition) is 14. The Kier molecular flexibility index (Phi) is 11.1. The van der Waals surface area contributed by atoms with E-state index >= 15 is 0 Å². The topological polar surface area (TPSA) is 232 Å². The second-order valence-electron chi connectivity index (χ2n) is 9.26. The maximum Gasteiger partial charge on any atom is 0.311 e. The molecule has 1 atom stereocenters. The zero-order chi connectivity index (χ0) is 32.8. The Morgan fingerprint density at radius 1 is 1.16 bits per heavy atom. The van der Waals surface area contributed by atoms with Gasteiger partial charge in [0.25, 0.3) is 32.0 Å². The molecule has 0 aliphatic carbocycles. The monoisotopic (exact) mass is 675 g/mol. The summed E-state index contributed by atoms with van der Waals surface area (Å²) in [7, 11) is -4.30. The highest BCUT2D eigenvalue weighted by atomic mass is 35.5. The number of amides is 1. The average Bonchev–Trinajstić information content (AvgIpc) is 3.55. The Balaban J connectivity index is 1.73. The lowest BCUT2D eigenvalue weighted by atomic mass is 10.0. The highest BCUT2D eigenvalue weighted by molar-refractivity contribution is 7.93. The van der Waals surface area contributed by atoms with Gasteiger partial charge in [-0.1, -0.05) is 22.8 Å². The number of hydrogen-bond donors (Lipinski definition) is 2. The summed E-state index contributed by atoms with van der Waals surface area (Å²) in [6.07, 6.45) is -1.58. The molecule has 1 amide bonds. The van der Waals surface area contributed by atoms with Crippen LogP contribution in [0, 0.1) is 47.9 Å². The van der Waals surface area contributed by atoms with Crippen molar-refractivity contribution in [1.82, 2.24) is 5.16 Å². The number of halogens is 1. The fraction of sp³-hybridized carbons (Fsp3) is 0.375. The van der Waals surface area contributed by atoms with Crippen molar-refractivity contribution in [3.05, 3.63) is 70.0 Å². The van der Waals surface area contributed by atoms with Crippen LogP contribution in [0.4, 0.5) is 11.6 Å². The molecule has 238 valence electrons. The Morgan fingerprint density at radius 3 is 2.48 bits per heavy atom. The SMILES string of the molecule is Cc1cc(C)c(OC(=O)CCCC(CO[N+](=O)[O-])O[N+](=O)[O-])c(C)c1NC(=O)c1sccc1S(=O)(=O)Nc1onc(C)c1Cl. The number of aryl methyl sites for hydroxylation is 3. The maximum absolute atomic E-state index is 13.3. The Bertz CT molecular complexity index is 1690. The first-order valence-corrected chi connectivity index (χ1v) is 15.3. The van der Waals surface area contributed by atoms with Gasteiger partial charge in [-0.2, -0.15) is 0 Å². The van der Waals surface area contributed by atoms with Gasteiger partial charge < -0.3 is 24.3 Å². The Labute approximate surface area is 258 Å². The van der Waals surface area contributed by atoms with Crippen LogP contribution in [0.2, 0.25) is 5.02 Å². The second-order valence-corrected chi connectivity index (χ2v) is 12.2. The number of carbonyl (C=O) groups excluding carboxylic acids is 2. The third kappa shape index (κ3) is 8.54. The summed E-state index contributed by atoms with van der Waals surface area (Å²) < 4.78 is 38.7. The summed E-state index contributed by atoms with van der Waals surface area (Å²) >= 11 is 6.89. The number of aromatic nitrogens is 1. The summed E-state index contributed by atoms with van der Waals surface area (Å²) in [6, 6.07) is 2.90. The molecule has 2 aromatic heterocycles. The number of benzene rings is 1. The van der Waals surface area contributed by atoms with E-state index in [1.54, 1.807) is 26.8 Å². The molecule has 2 N–H and O–H groups in total. The van der Waals surface area contributed by atoms with Gasteiger partial charge in [0.05, 0.1) is 5.69 Å². The van der Waals surface area contributed by atoms with E-state index < -0.39 is 44.8 Å². The zero-order valence-electron chi connectivity index (χ0n) is 23.6. The molecule has 17 nitrogen and oxygen atoms in total. The molecule has 20 heteroatoms. The molecule has 0 radical (unpaired) electrons.